The first-order valence-corrected chi connectivity index (χ1v) is 5.11. The molecular weight excluding hydrogens is 216 g/mol. The summed E-state index contributed by atoms with van der Waals surface area (Å²) in [6.07, 6.45) is 1.03. The largest absolute Gasteiger partial charge is 0.385 e. The first kappa shape index (κ1) is 15.3. The van der Waals surface area contributed by atoms with Crippen LogP contribution in [0.15, 0.2) is 0 Å². The molecule has 0 aliphatic rings. The zero-order valence-electron chi connectivity index (χ0n) is 9.57. The van der Waals surface area contributed by atoms with Crippen molar-refractivity contribution in [2.75, 3.05) is 40.1 Å². The van der Waals surface area contributed by atoms with Gasteiger partial charge in [-0.1, -0.05) is 5.59 Å². The number of carbonyl (C=O) groups excluding carboxylic acids is 1. The molecule has 0 aliphatic carbocycles. The second kappa shape index (κ2) is 12.3. The number of nitrogens with one attached hydrogen (secondary N) is 1. The Labute approximate surface area is 95.1 Å². The van der Waals surface area contributed by atoms with Gasteiger partial charge in [0.05, 0.1) is 26.2 Å². The summed E-state index contributed by atoms with van der Waals surface area (Å²) in [5.41, 5.74) is 1.81. The molecule has 0 unspecified atom stereocenters. The number of carbonyl (C=O) groups is 1. The van der Waals surface area contributed by atoms with Gasteiger partial charge < -0.3 is 19.0 Å². The van der Waals surface area contributed by atoms with Gasteiger partial charge in [-0.3, -0.25) is 4.79 Å². The van der Waals surface area contributed by atoms with E-state index in [4.69, 9.17) is 20.1 Å². The van der Waals surface area contributed by atoms with Gasteiger partial charge in [0.25, 0.3) is 0 Å². The van der Waals surface area contributed by atoms with Crippen LogP contribution >= 0.6 is 0 Å². The van der Waals surface area contributed by atoms with E-state index in [0.29, 0.717) is 33.0 Å². The molecule has 0 aromatic heterocycles. The molecule has 0 rings (SSSR count). The maximum absolute atomic E-state index is 10.8. The van der Waals surface area contributed by atoms with E-state index in [1.807, 2.05) is 0 Å². The third-order valence-electron chi connectivity index (χ3n) is 1.63. The van der Waals surface area contributed by atoms with Gasteiger partial charge in [0.15, 0.2) is 0 Å². The summed E-state index contributed by atoms with van der Waals surface area (Å²) >= 11 is 0. The van der Waals surface area contributed by atoms with Gasteiger partial charge in [0.2, 0.25) is 0 Å². The summed E-state index contributed by atoms with van der Waals surface area (Å²) in [4.78, 5) is 15.0. The Morgan fingerprint density at radius 2 is 1.81 bits per heavy atom. The number of ether oxygens (including phenoxy) is 3. The first-order chi connectivity index (χ1) is 7.81. The molecule has 16 heavy (non-hydrogen) atoms. The van der Waals surface area contributed by atoms with Gasteiger partial charge in [-0.2, -0.15) is 0 Å². The third kappa shape index (κ3) is 11.3. The molecule has 0 aromatic carbocycles. The van der Waals surface area contributed by atoms with Crippen LogP contribution in [0.25, 0.3) is 0 Å². The fourth-order valence-corrected chi connectivity index (χ4v) is 0.900. The summed E-state index contributed by atoms with van der Waals surface area (Å²) in [6, 6.07) is 0. The van der Waals surface area contributed by atoms with E-state index >= 15 is 0 Å². The first-order valence-electron chi connectivity index (χ1n) is 5.11. The lowest BCUT2D eigenvalue weighted by molar-refractivity contribution is -0.152. The third-order valence-corrected chi connectivity index (χ3v) is 1.63. The number of rotatable bonds is 11. The number of nitrogens with two attached hydrogens (primary N) is 1. The van der Waals surface area contributed by atoms with Crippen LogP contribution in [0.5, 0.6) is 0 Å². The highest BCUT2D eigenvalue weighted by Crippen LogP contribution is 1.87. The minimum Gasteiger partial charge on any atom is -0.385 e. The highest BCUT2D eigenvalue weighted by Gasteiger charge is 2.01. The molecule has 96 valence electrons. The minimum atomic E-state index is -0.455. The van der Waals surface area contributed by atoms with Crippen molar-refractivity contribution in [2.24, 2.45) is 5.84 Å². The van der Waals surface area contributed by atoms with E-state index in [0.717, 1.165) is 6.42 Å². The van der Waals surface area contributed by atoms with E-state index in [1.54, 1.807) is 12.7 Å². The van der Waals surface area contributed by atoms with Crippen LogP contribution in [0.4, 0.5) is 0 Å². The smallest absolute Gasteiger partial charge is 0.328 e. The zero-order valence-corrected chi connectivity index (χ0v) is 9.57. The average molecular weight is 236 g/mol. The Hall–Kier alpha value is -0.730. The Balaban J connectivity index is 3.01. The lowest BCUT2D eigenvalue weighted by Crippen LogP contribution is -2.26. The molecule has 0 saturated heterocycles. The SMILES string of the molecule is COCCCOCCOCCC(=O)ONN. The van der Waals surface area contributed by atoms with E-state index < -0.39 is 5.97 Å². The number of hydrogen-bond donors (Lipinski definition) is 2. The molecule has 0 fully saturated rings. The predicted molar refractivity (Wildman–Crippen MR) is 56.2 cm³/mol. The fraction of sp³-hybridized carbons (Fsp3) is 0.889. The molecule has 7 heteroatoms. The van der Waals surface area contributed by atoms with Crippen molar-refractivity contribution in [2.45, 2.75) is 12.8 Å². The van der Waals surface area contributed by atoms with Crippen LogP contribution in [-0.2, 0) is 23.8 Å². The Morgan fingerprint density at radius 1 is 1.12 bits per heavy atom. The molecule has 0 spiro atoms. The highest BCUT2D eigenvalue weighted by atomic mass is 16.7. The van der Waals surface area contributed by atoms with Crippen molar-refractivity contribution < 1.29 is 23.8 Å². The highest BCUT2D eigenvalue weighted by molar-refractivity contribution is 5.69. The van der Waals surface area contributed by atoms with Gasteiger partial charge in [-0.15, -0.1) is 0 Å². The van der Waals surface area contributed by atoms with Crippen LogP contribution in [0, 0.1) is 0 Å². The zero-order chi connectivity index (χ0) is 12.1. The number of hydrogen-bond acceptors (Lipinski definition) is 7. The monoisotopic (exact) mass is 236 g/mol. The molecule has 0 radical (unpaired) electrons. The average Bonchev–Trinajstić information content (AvgIpc) is 2.27. The molecule has 0 atom stereocenters. The van der Waals surface area contributed by atoms with Crippen molar-refractivity contribution >= 4 is 5.97 Å². The fourth-order valence-electron chi connectivity index (χ4n) is 0.900. The molecule has 7 nitrogen and oxygen atoms in total. The molecule has 3 N–H and O–H groups in total. The second-order valence-corrected chi connectivity index (χ2v) is 2.91. The summed E-state index contributed by atoms with van der Waals surface area (Å²) in [7, 11) is 1.65. The Bertz CT molecular complexity index is 168. The van der Waals surface area contributed by atoms with E-state index in [9.17, 15) is 4.79 Å². The lowest BCUT2D eigenvalue weighted by Gasteiger charge is -2.05. The summed E-state index contributed by atoms with van der Waals surface area (Å²) in [6.45, 7) is 2.60. The van der Waals surface area contributed by atoms with Crippen molar-refractivity contribution in [3.05, 3.63) is 0 Å². The summed E-state index contributed by atoms with van der Waals surface area (Å²) in [5.74, 6) is 4.32. The lowest BCUT2D eigenvalue weighted by atomic mass is 10.5. The number of methoxy groups -OCH3 is 1. The molecule has 0 bridgehead atoms. The summed E-state index contributed by atoms with van der Waals surface area (Å²) < 4.78 is 15.2. The van der Waals surface area contributed by atoms with Crippen molar-refractivity contribution in [1.29, 1.82) is 0 Å². The molecular formula is C9H20N2O5. The topological polar surface area (TPSA) is 92.0 Å². The van der Waals surface area contributed by atoms with Crippen molar-refractivity contribution in [3.63, 3.8) is 0 Å². The van der Waals surface area contributed by atoms with E-state index in [1.165, 1.54) is 0 Å². The van der Waals surface area contributed by atoms with Crippen LogP contribution in [0.2, 0.25) is 0 Å². The van der Waals surface area contributed by atoms with Crippen LogP contribution in [0.1, 0.15) is 12.8 Å². The normalized spacial score (nSPS) is 10.4. The quantitative estimate of drug-likeness (QED) is 0.280. The molecule has 0 saturated carbocycles. The van der Waals surface area contributed by atoms with Crippen LogP contribution in [-0.4, -0.2) is 46.1 Å². The predicted octanol–water partition coefficient (Wildman–Crippen LogP) is -0.632. The maximum Gasteiger partial charge on any atom is 0.328 e. The number of hydrazine groups is 1. The van der Waals surface area contributed by atoms with Gasteiger partial charge >= 0.3 is 5.97 Å². The second-order valence-electron chi connectivity index (χ2n) is 2.91. The van der Waals surface area contributed by atoms with Gasteiger partial charge in [-0.05, 0) is 6.42 Å². The van der Waals surface area contributed by atoms with Gasteiger partial charge in [-0.25, -0.2) is 5.84 Å². The van der Waals surface area contributed by atoms with Crippen molar-refractivity contribution in [3.8, 4) is 0 Å². The van der Waals surface area contributed by atoms with Crippen molar-refractivity contribution in [1.82, 2.24) is 5.59 Å². The Morgan fingerprint density at radius 3 is 2.44 bits per heavy atom. The van der Waals surface area contributed by atoms with Crippen LogP contribution < -0.4 is 11.4 Å². The molecule has 0 amide bonds. The van der Waals surface area contributed by atoms with Gasteiger partial charge in [0, 0.05) is 20.3 Å². The summed E-state index contributed by atoms with van der Waals surface area (Å²) in [5, 5.41) is 0. The molecule has 0 aliphatic heterocycles. The standard InChI is InChI=1S/C9H20N2O5/c1-13-4-2-5-14-7-8-15-6-3-9(12)16-11-10/h11H,2-8,10H2,1H3. The van der Waals surface area contributed by atoms with E-state index in [-0.39, 0.29) is 6.42 Å². The van der Waals surface area contributed by atoms with Crippen LogP contribution in [0.3, 0.4) is 0 Å². The molecule has 0 heterocycles. The Kier molecular flexibility index (Phi) is 11.8. The maximum atomic E-state index is 10.8. The minimum absolute atomic E-state index is 0.161. The molecule has 0 aromatic rings. The van der Waals surface area contributed by atoms with E-state index in [2.05, 4.69) is 4.84 Å². The van der Waals surface area contributed by atoms with Gasteiger partial charge in [0.1, 0.15) is 0 Å².